The van der Waals surface area contributed by atoms with E-state index in [0.717, 1.165) is 28.7 Å². The van der Waals surface area contributed by atoms with Gasteiger partial charge in [-0.1, -0.05) is 99.1 Å². The van der Waals surface area contributed by atoms with E-state index in [9.17, 15) is 18.3 Å². The molecule has 0 aliphatic carbocycles. The van der Waals surface area contributed by atoms with Gasteiger partial charge >= 0.3 is 0 Å². The Morgan fingerprint density at radius 3 is 2.05 bits per heavy atom. The summed E-state index contributed by atoms with van der Waals surface area (Å²) in [6.45, 7) is 8.25. The Morgan fingerprint density at radius 1 is 0.905 bits per heavy atom. The number of sulfonamides is 1. The molecule has 8 heteroatoms. The Morgan fingerprint density at radius 2 is 1.50 bits per heavy atom. The van der Waals surface area contributed by atoms with Crippen LogP contribution in [0.5, 0.6) is 0 Å². The van der Waals surface area contributed by atoms with Crippen LogP contribution in [0.4, 0.5) is 0 Å². The van der Waals surface area contributed by atoms with Crippen molar-refractivity contribution in [2.45, 2.75) is 76.3 Å². The zero-order valence-electron chi connectivity index (χ0n) is 25.3. The van der Waals surface area contributed by atoms with Crippen molar-refractivity contribution in [2.75, 3.05) is 13.2 Å². The molecule has 1 unspecified atom stereocenters. The third-order valence-electron chi connectivity index (χ3n) is 7.64. The van der Waals surface area contributed by atoms with Gasteiger partial charge in [-0.3, -0.25) is 4.79 Å². The number of aliphatic hydroxyl groups is 1. The number of benzene rings is 3. The number of carbonyl (C=O) groups excluding carboxylic acids is 1. The first kappa shape index (κ1) is 33.5. The van der Waals surface area contributed by atoms with E-state index in [1.165, 1.54) is 0 Å². The predicted octanol–water partition coefficient (Wildman–Crippen LogP) is 4.91. The molecule has 0 radical (unpaired) electrons. The fourth-order valence-electron chi connectivity index (χ4n) is 5.30. The van der Waals surface area contributed by atoms with E-state index in [2.05, 4.69) is 23.9 Å². The normalized spacial score (nSPS) is 14.1. The van der Waals surface area contributed by atoms with Gasteiger partial charge in [0.2, 0.25) is 15.9 Å². The van der Waals surface area contributed by atoms with Gasteiger partial charge in [-0.05, 0) is 67.2 Å². The average Bonchev–Trinajstić information content (AvgIpc) is 2.96. The van der Waals surface area contributed by atoms with Crippen molar-refractivity contribution >= 4 is 15.9 Å². The second-order valence-corrected chi connectivity index (χ2v) is 13.5. The summed E-state index contributed by atoms with van der Waals surface area (Å²) in [5.74, 6) is -0.0330. The van der Waals surface area contributed by atoms with E-state index >= 15 is 0 Å². The topological polar surface area (TPSA) is 122 Å². The summed E-state index contributed by atoms with van der Waals surface area (Å²) in [5, 5.41) is 13.0. The van der Waals surface area contributed by atoms with Gasteiger partial charge in [0.25, 0.3) is 0 Å². The minimum atomic E-state index is -3.82. The largest absolute Gasteiger partial charge is 0.395 e. The van der Waals surface area contributed by atoms with Crippen LogP contribution < -0.4 is 15.8 Å². The predicted molar refractivity (Wildman–Crippen MR) is 170 cm³/mol. The van der Waals surface area contributed by atoms with Crippen molar-refractivity contribution in [3.63, 3.8) is 0 Å². The highest BCUT2D eigenvalue weighted by Gasteiger charge is 2.28. The molecule has 228 valence electrons. The van der Waals surface area contributed by atoms with E-state index < -0.39 is 22.1 Å². The molecule has 3 aromatic carbocycles. The SMILES string of the molecule is Cc1ccc(S(=O)(=O)N[C@H](CO)CC(C)CCNC(=O)[C@@H](N)C(c2ccccc2)c2ccccc2)c(CCC(C)C)c1. The maximum Gasteiger partial charge on any atom is 0.241 e. The van der Waals surface area contributed by atoms with E-state index in [-0.39, 0.29) is 29.2 Å². The van der Waals surface area contributed by atoms with Crippen molar-refractivity contribution in [1.29, 1.82) is 0 Å². The maximum atomic E-state index is 13.3. The molecule has 1 amide bonds. The second kappa shape index (κ2) is 16.0. The van der Waals surface area contributed by atoms with Crippen molar-refractivity contribution in [3.8, 4) is 0 Å². The summed E-state index contributed by atoms with van der Waals surface area (Å²) in [5.41, 5.74) is 10.3. The fraction of sp³-hybridized carbons (Fsp3) is 0.441. The average molecular weight is 594 g/mol. The highest BCUT2D eigenvalue weighted by molar-refractivity contribution is 7.89. The molecule has 0 heterocycles. The molecular weight excluding hydrogens is 546 g/mol. The number of carbonyl (C=O) groups is 1. The number of aliphatic hydroxyl groups excluding tert-OH is 1. The quantitative estimate of drug-likeness (QED) is 0.188. The number of rotatable bonds is 16. The number of amides is 1. The molecule has 42 heavy (non-hydrogen) atoms. The number of nitrogens with one attached hydrogen (secondary N) is 2. The highest BCUT2D eigenvalue weighted by Crippen LogP contribution is 2.27. The molecule has 0 saturated heterocycles. The molecule has 0 bridgehead atoms. The number of aryl methyl sites for hydroxylation is 2. The van der Waals surface area contributed by atoms with E-state index in [4.69, 9.17) is 5.73 Å². The Bertz CT molecular complexity index is 1320. The van der Waals surface area contributed by atoms with E-state index in [0.29, 0.717) is 31.7 Å². The molecule has 7 nitrogen and oxygen atoms in total. The van der Waals surface area contributed by atoms with Gasteiger partial charge in [0.05, 0.1) is 17.5 Å². The summed E-state index contributed by atoms with van der Waals surface area (Å²) in [4.78, 5) is 13.4. The lowest BCUT2D eigenvalue weighted by Gasteiger charge is -2.25. The van der Waals surface area contributed by atoms with Crippen LogP contribution in [-0.2, 0) is 21.2 Å². The molecule has 5 N–H and O–H groups in total. The zero-order valence-corrected chi connectivity index (χ0v) is 26.1. The zero-order chi connectivity index (χ0) is 30.7. The Kier molecular flexibility index (Phi) is 12.7. The Labute approximate surface area is 252 Å². The lowest BCUT2D eigenvalue weighted by molar-refractivity contribution is -0.122. The number of hydrogen-bond acceptors (Lipinski definition) is 5. The van der Waals surface area contributed by atoms with Crippen molar-refractivity contribution in [1.82, 2.24) is 10.0 Å². The third kappa shape index (κ3) is 9.76. The minimum absolute atomic E-state index is 0.0406. The molecule has 0 aliphatic rings. The molecule has 0 aromatic heterocycles. The summed E-state index contributed by atoms with van der Waals surface area (Å²) in [6.07, 6.45) is 2.61. The van der Waals surface area contributed by atoms with Crippen LogP contribution in [0.15, 0.2) is 83.8 Å². The molecular formula is C34H47N3O4S. The van der Waals surface area contributed by atoms with Crippen LogP contribution in [0.25, 0.3) is 0 Å². The molecule has 3 atom stereocenters. The van der Waals surface area contributed by atoms with Gasteiger partial charge < -0.3 is 16.2 Å². The molecule has 3 rings (SSSR count). The number of nitrogens with two attached hydrogens (primary N) is 1. The first-order valence-corrected chi connectivity index (χ1v) is 16.4. The van der Waals surface area contributed by atoms with Crippen LogP contribution in [0.2, 0.25) is 0 Å². The first-order chi connectivity index (χ1) is 20.0. The third-order valence-corrected chi connectivity index (χ3v) is 9.26. The van der Waals surface area contributed by atoms with Crippen LogP contribution >= 0.6 is 0 Å². The lowest BCUT2D eigenvalue weighted by Crippen LogP contribution is -2.45. The number of hydrogen-bond donors (Lipinski definition) is 4. The molecule has 0 saturated carbocycles. The smallest absolute Gasteiger partial charge is 0.241 e. The van der Waals surface area contributed by atoms with Crippen molar-refractivity contribution < 1.29 is 18.3 Å². The summed E-state index contributed by atoms with van der Waals surface area (Å²) >= 11 is 0. The Hall–Kier alpha value is -3.04. The van der Waals surface area contributed by atoms with Gasteiger partial charge in [0.15, 0.2) is 0 Å². The molecule has 3 aromatic rings. The summed E-state index contributed by atoms with van der Waals surface area (Å²) < 4.78 is 29.4. The molecule has 0 aliphatic heterocycles. The monoisotopic (exact) mass is 593 g/mol. The lowest BCUT2D eigenvalue weighted by atomic mass is 9.85. The van der Waals surface area contributed by atoms with Gasteiger partial charge in [-0.25, -0.2) is 13.1 Å². The van der Waals surface area contributed by atoms with Crippen LogP contribution in [-0.4, -0.2) is 44.7 Å². The van der Waals surface area contributed by atoms with Gasteiger partial charge in [0.1, 0.15) is 0 Å². The first-order valence-electron chi connectivity index (χ1n) is 14.9. The van der Waals surface area contributed by atoms with Gasteiger partial charge in [-0.15, -0.1) is 0 Å². The minimum Gasteiger partial charge on any atom is -0.395 e. The molecule has 0 spiro atoms. The van der Waals surface area contributed by atoms with Crippen LogP contribution in [0.3, 0.4) is 0 Å². The van der Waals surface area contributed by atoms with Gasteiger partial charge in [-0.2, -0.15) is 0 Å². The van der Waals surface area contributed by atoms with E-state index in [1.807, 2.05) is 80.6 Å². The van der Waals surface area contributed by atoms with Crippen LogP contribution in [0, 0.1) is 18.8 Å². The maximum absolute atomic E-state index is 13.3. The van der Waals surface area contributed by atoms with Crippen molar-refractivity contribution in [3.05, 3.63) is 101 Å². The Balaban J connectivity index is 1.58. The standard InChI is InChI=1S/C34H47N3O4S/c1-24(2)15-17-29-21-25(3)16-18-31(29)42(40,41)37-30(23-38)22-26(4)19-20-36-34(39)33(35)32(27-11-7-5-8-12-27)28-13-9-6-10-14-28/h5-14,16,18,21,24,26,30,32-33,37-38H,15,17,19-20,22-23,35H2,1-4H3,(H,36,39)/t26?,30-,33-/m0/s1. The van der Waals surface area contributed by atoms with Gasteiger partial charge in [0, 0.05) is 18.5 Å². The fourth-order valence-corrected chi connectivity index (χ4v) is 6.79. The summed E-state index contributed by atoms with van der Waals surface area (Å²) in [7, 11) is -3.82. The summed E-state index contributed by atoms with van der Waals surface area (Å²) in [6, 6.07) is 23.5. The highest BCUT2D eigenvalue weighted by atomic mass is 32.2. The van der Waals surface area contributed by atoms with Crippen molar-refractivity contribution in [2.24, 2.45) is 17.6 Å². The van der Waals surface area contributed by atoms with Crippen LogP contribution in [0.1, 0.15) is 68.2 Å². The van der Waals surface area contributed by atoms with E-state index in [1.54, 1.807) is 12.1 Å². The second-order valence-electron chi connectivity index (χ2n) is 11.8. The molecule has 0 fully saturated rings.